The lowest BCUT2D eigenvalue weighted by Crippen LogP contribution is -2.24. The van der Waals surface area contributed by atoms with Gasteiger partial charge in [0, 0.05) is 18.3 Å². The predicted molar refractivity (Wildman–Crippen MR) is 47.0 cm³/mol. The first kappa shape index (κ1) is 9.95. The molecular formula is C9H15NO. The fourth-order valence-electron chi connectivity index (χ4n) is 0.640. The minimum absolute atomic E-state index is 0.0272. The summed E-state index contributed by atoms with van der Waals surface area (Å²) in [7, 11) is 1.74. The molecule has 0 atom stereocenters. The Bertz CT molecular complexity index is 204. The molecule has 11 heavy (non-hydrogen) atoms. The molecule has 0 aromatic rings. The SMILES string of the molecule is C=C(C)C(=O)N(C)/C(C)=C\C. The molecule has 0 heterocycles. The molecule has 0 radical (unpaired) electrons. The molecule has 0 fully saturated rings. The van der Waals surface area contributed by atoms with Gasteiger partial charge >= 0.3 is 0 Å². The number of allylic oxidation sites excluding steroid dienone is 2. The summed E-state index contributed by atoms with van der Waals surface area (Å²) in [5.41, 5.74) is 1.51. The van der Waals surface area contributed by atoms with Crippen molar-refractivity contribution < 1.29 is 4.79 Å². The average molecular weight is 153 g/mol. The first-order chi connectivity index (χ1) is 5.00. The summed E-state index contributed by atoms with van der Waals surface area (Å²) < 4.78 is 0. The molecule has 2 heteroatoms. The number of carbonyl (C=O) groups excluding carboxylic acids is 1. The number of amides is 1. The molecule has 0 aliphatic rings. The second-order valence-corrected chi connectivity index (χ2v) is 2.57. The van der Waals surface area contributed by atoms with Crippen LogP contribution in [0.3, 0.4) is 0 Å². The third-order valence-electron chi connectivity index (χ3n) is 1.62. The summed E-state index contributed by atoms with van der Waals surface area (Å²) in [4.78, 5) is 12.8. The monoisotopic (exact) mass is 153 g/mol. The van der Waals surface area contributed by atoms with Crippen LogP contribution in [-0.4, -0.2) is 17.9 Å². The lowest BCUT2D eigenvalue weighted by Gasteiger charge is -2.16. The van der Waals surface area contributed by atoms with Crippen molar-refractivity contribution in [3.05, 3.63) is 23.9 Å². The van der Waals surface area contributed by atoms with E-state index in [9.17, 15) is 4.79 Å². The van der Waals surface area contributed by atoms with Crippen molar-refractivity contribution in [1.29, 1.82) is 0 Å². The molecule has 1 amide bonds. The van der Waals surface area contributed by atoms with Gasteiger partial charge in [-0.15, -0.1) is 0 Å². The highest BCUT2D eigenvalue weighted by molar-refractivity contribution is 5.93. The van der Waals surface area contributed by atoms with E-state index in [4.69, 9.17) is 0 Å². The van der Waals surface area contributed by atoms with Crippen molar-refractivity contribution in [2.45, 2.75) is 20.8 Å². The fraction of sp³-hybridized carbons (Fsp3) is 0.444. The molecule has 62 valence electrons. The Kier molecular flexibility index (Phi) is 3.58. The maximum absolute atomic E-state index is 11.2. The van der Waals surface area contributed by atoms with Crippen molar-refractivity contribution in [3.8, 4) is 0 Å². The van der Waals surface area contributed by atoms with E-state index in [1.807, 2.05) is 19.9 Å². The lowest BCUT2D eigenvalue weighted by molar-refractivity contribution is -0.124. The van der Waals surface area contributed by atoms with Gasteiger partial charge in [-0.3, -0.25) is 4.79 Å². The highest BCUT2D eigenvalue weighted by atomic mass is 16.2. The van der Waals surface area contributed by atoms with Gasteiger partial charge in [-0.25, -0.2) is 0 Å². The second-order valence-electron chi connectivity index (χ2n) is 2.57. The van der Waals surface area contributed by atoms with Crippen LogP contribution in [0.1, 0.15) is 20.8 Å². The number of hydrogen-bond acceptors (Lipinski definition) is 1. The van der Waals surface area contributed by atoms with Crippen molar-refractivity contribution in [3.63, 3.8) is 0 Å². The number of hydrogen-bond donors (Lipinski definition) is 0. The molecule has 0 spiro atoms. The third-order valence-corrected chi connectivity index (χ3v) is 1.62. The normalized spacial score (nSPS) is 11.1. The average Bonchev–Trinajstić information content (AvgIpc) is 2.00. The van der Waals surface area contributed by atoms with E-state index in [2.05, 4.69) is 6.58 Å². The smallest absolute Gasteiger partial charge is 0.252 e. The Hall–Kier alpha value is -1.05. The number of carbonyl (C=O) groups is 1. The Morgan fingerprint density at radius 2 is 1.91 bits per heavy atom. The van der Waals surface area contributed by atoms with Crippen molar-refractivity contribution in [2.75, 3.05) is 7.05 Å². The first-order valence-corrected chi connectivity index (χ1v) is 3.57. The minimum Gasteiger partial charge on any atom is -0.316 e. The summed E-state index contributed by atoms with van der Waals surface area (Å²) in [5, 5.41) is 0. The van der Waals surface area contributed by atoms with Crippen molar-refractivity contribution in [2.24, 2.45) is 0 Å². The Morgan fingerprint density at radius 1 is 1.45 bits per heavy atom. The van der Waals surface area contributed by atoms with Gasteiger partial charge in [-0.05, 0) is 20.8 Å². The molecule has 0 N–H and O–H groups in total. The van der Waals surface area contributed by atoms with Gasteiger partial charge in [-0.1, -0.05) is 12.7 Å². The molecule has 0 unspecified atom stereocenters. The molecule has 0 aromatic carbocycles. The summed E-state index contributed by atoms with van der Waals surface area (Å²) in [6.07, 6.45) is 1.89. The Balaban J connectivity index is 4.38. The zero-order valence-corrected chi connectivity index (χ0v) is 7.64. The largest absolute Gasteiger partial charge is 0.316 e. The van der Waals surface area contributed by atoms with Crippen LogP contribution in [0.2, 0.25) is 0 Å². The molecule has 0 saturated carbocycles. The van der Waals surface area contributed by atoms with Gasteiger partial charge < -0.3 is 4.90 Å². The lowest BCUT2D eigenvalue weighted by atomic mass is 10.3. The maximum Gasteiger partial charge on any atom is 0.252 e. The van der Waals surface area contributed by atoms with E-state index in [1.165, 1.54) is 0 Å². The van der Waals surface area contributed by atoms with Gasteiger partial charge in [0.15, 0.2) is 0 Å². The van der Waals surface area contributed by atoms with E-state index in [1.54, 1.807) is 18.9 Å². The molecule has 2 nitrogen and oxygen atoms in total. The zero-order valence-electron chi connectivity index (χ0n) is 7.64. The van der Waals surface area contributed by atoms with Crippen LogP contribution in [-0.2, 0) is 4.79 Å². The van der Waals surface area contributed by atoms with Crippen molar-refractivity contribution >= 4 is 5.91 Å². The first-order valence-electron chi connectivity index (χ1n) is 3.57. The van der Waals surface area contributed by atoms with Gasteiger partial charge in [0.25, 0.3) is 5.91 Å². The molecule has 0 saturated heterocycles. The third kappa shape index (κ3) is 2.58. The van der Waals surface area contributed by atoms with Crippen LogP contribution in [0.4, 0.5) is 0 Å². The van der Waals surface area contributed by atoms with Crippen molar-refractivity contribution in [1.82, 2.24) is 4.90 Å². The van der Waals surface area contributed by atoms with E-state index < -0.39 is 0 Å². The van der Waals surface area contributed by atoms with Gasteiger partial charge in [0.1, 0.15) is 0 Å². The summed E-state index contributed by atoms with van der Waals surface area (Å²) in [6, 6.07) is 0. The van der Waals surface area contributed by atoms with Crippen LogP contribution in [0.25, 0.3) is 0 Å². The standard InChI is InChI=1S/C9H15NO/c1-6-8(4)10(5)9(11)7(2)3/h6H,2H2,1,3-5H3/b8-6-. The molecule has 0 rings (SSSR count). The van der Waals surface area contributed by atoms with Crippen LogP contribution in [0.15, 0.2) is 23.9 Å². The number of likely N-dealkylation sites (N-methyl/N-ethyl adjacent to an activating group) is 1. The van der Waals surface area contributed by atoms with Crippen LogP contribution in [0.5, 0.6) is 0 Å². The zero-order chi connectivity index (χ0) is 9.02. The fourth-order valence-corrected chi connectivity index (χ4v) is 0.640. The van der Waals surface area contributed by atoms with E-state index >= 15 is 0 Å². The van der Waals surface area contributed by atoms with Crippen LogP contribution in [0, 0.1) is 0 Å². The highest BCUT2D eigenvalue weighted by Crippen LogP contribution is 2.03. The van der Waals surface area contributed by atoms with Crippen LogP contribution >= 0.6 is 0 Å². The Labute approximate surface area is 68.2 Å². The van der Waals surface area contributed by atoms with Crippen LogP contribution < -0.4 is 0 Å². The topological polar surface area (TPSA) is 20.3 Å². The number of nitrogens with zero attached hydrogens (tertiary/aromatic N) is 1. The number of rotatable bonds is 2. The predicted octanol–water partition coefficient (Wildman–Crippen LogP) is 1.94. The van der Waals surface area contributed by atoms with E-state index in [-0.39, 0.29) is 5.91 Å². The summed E-state index contributed by atoms with van der Waals surface area (Å²) in [5.74, 6) is -0.0272. The van der Waals surface area contributed by atoms with E-state index in [0.29, 0.717) is 5.57 Å². The highest BCUT2D eigenvalue weighted by Gasteiger charge is 2.08. The molecule has 0 bridgehead atoms. The van der Waals surface area contributed by atoms with Gasteiger partial charge in [0.2, 0.25) is 0 Å². The molecule has 0 aromatic heterocycles. The molecule has 0 aliphatic heterocycles. The van der Waals surface area contributed by atoms with E-state index in [0.717, 1.165) is 5.70 Å². The summed E-state index contributed by atoms with van der Waals surface area (Å²) >= 11 is 0. The second kappa shape index (κ2) is 3.96. The summed E-state index contributed by atoms with van der Waals surface area (Å²) in [6.45, 7) is 9.07. The minimum atomic E-state index is -0.0272. The van der Waals surface area contributed by atoms with Gasteiger partial charge in [0.05, 0.1) is 0 Å². The quantitative estimate of drug-likeness (QED) is 0.555. The Morgan fingerprint density at radius 3 is 2.18 bits per heavy atom. The maximum atomic E-state index is 11.2. The molecular weight excluding hydrogens is 138 g/mol. The van der Waals surface area contributed by atoms with Gasteiger partial charge in [-0.2, -0.15) is 0 Å². The molecule has 0 aliphatic carbocycles.